The molecule has 0 atom stereocenters. The first kappa shape index (κ1) is 17.6. The number of halogens is 2. The lowest BCUT2D eigenvalue weighted by atomic mass is 9.86. The molecule has 22 heavy (non-hydrogen) atoms. The van der Waals surface area contributed by atoms with Crippen LogP contribution in [-0.2, 0) is 9.53 Å². The van der Waals surface area contributed by atoms with Gasteiger partial charge in [0.15, 0.2) is 0 Å². The van der Waals surface area contributed by atoms with Crippen LogP contribution in [0.2, 0.25) is 0 Å². The van der Waals surface area contributed by atoms with E-state index >= 15 is 0 Å². The number of rotatable bonds is 6. The van der Waals surface area contributed by atoms with Crippen molar-refractivity contribution in [3.05, 3.63) is 0 Å². The smallest absolute Gasteiger partial charge is 0.248 e. The van der Waals surface area contributed by atoms with E-state index in [2.05, 4.69) is 4.90 Å². The van der Waals surface area contributed by atoms with E-state index in [9.17, 15) is 13.6 Å². The fraction of sp³-hybridized carbons (Fsp3) is 0.933. The number of aliphatic hydroxyl groups excluding tert-OH is 1. The Balaban J connectivity index is 1.82. The molecule has 1 heterocycles. The number of ether oxygens (including phenoxy) is 1. The number of morpholine rings is 1. The number of nitrogens with zero attached hydrogens (tertiary/aromatic N) is 2. The standard InChI is InChI=1S/C15H26F2N2O3/c16-15(17)3-1-13(2-4-15)14(21)19(7-10-20)6-5-18-8-11-22-12-9-18/h13,20H,1-12H2. The average molecular weight is 320 g/mol. The lowest BCUT2D eigenvalue weighted by Gasteiger charge is -2.34. The van der Waals surface area contributed by atoms with Crippen LogP contribution in [0, 0.1) is 5.92 Å². The highest BCUT2D eigenvalue weighted by molar-refractivity contribution is 5.79. The van der Waals surface area contributed by atoms with Gasteiger partial charge in [-0.2, -0.15) is 0 Å². The number of carbonyl (C=O) groups excluding carboxylic acids is 1. The molecule has 0 aromatic heterocycles. The van der Waals surface area contributed by atoms with E-state index in [-0.39, 0.29) is 50.7 Å². The van der Waals surface area contributed by atoms with Gasteiger partial charge in [-0.1, -0.05) is 0 Å². The molecule has 1 amide bonds. The summed E-state index contributed by atoms with van der Waals surface area (Å²) in [6, 6.07) is 0. The molecule has 2 rings (SSSR count). The van der Waals surface area contributed by atoms with E-state index in [0.717, 1.165) is 19.6 Å². The molecular weight excluding hydrogens is 294 g/mol. The molecule has 0 aromatic rings. The zero-order valence-electron chi connectivity index (χ0n) is 13.0. The molecule has 2 fully saturated rings. The first-order valence-electron chi connectivity index (χ1n) is 8.09. The Kier molecular flexibility index (Phi) is 6.52. The summed E-state index contributed by atoms with van der Waals surface area (Å²) in [6.45, 7) is 4.53. The molecule has 0 radical (unpaired) electrons. The third kappa shape index (κ3) is 5.14. The summed E-state index contributed by atoms with van der Waals surface area (Å²) in [5, 5.41) is 9.16. The second-order valence-electron chi connectivity index (χ2n) is 6.13. The van der Waals surface area contributed by atoms with E-state index < -0.39 is 5.92 Å². The molecule has 5 nitrogen and oxygen atoms in total. The molecular formula is C15H26F2N2O3. The monoisotopic (exact) mass is 320 g/mol. The van der Waals surface area contributed by atoms with Crippen molar-refractivity contribution >= 4 is 5.91 Å². The second kappa shape index (κ2) is 8.17. The molecule has 1 saturated heterocycles. The number of amides is 1. The molecule has 2 aliphatic rings. The Morgan fingerprint density at radius 3 is 2.45 bits per heavy atom. The van der Waals surface area contributed by atoms with Gasteiger partial charge in [-0.05, 0) is 12.8 Å². The minimum absolute atomic E-state index is 0.0854. The lowest BCUT2D eigenvalue weighted by Crippen LogP contribution is -2.46. The van der Waals surface area contributed by atoms with Gasteiger partial charge in [-0.3, -0.25) is 9.69 Å². The van der Waals surface area contributed by atoms with Crippen LogP contribution in [0.5, 0.6) is 0 Å². The van der Waals surface area contributed by atoms with Crippen molar-refractivity contribution in [3.8, 4) is 0 Å². The van der Waals surface area contributed by atoms with E-state index in [1.54, 1.807) is 4.90 Å². The predicted octanol–water partition coefficient (Wildman–Crippen LogP) is 0.965. The largest absolute Gasteiger partial charge is 0.395 e. The first-order valence-corrected chi connectivity index (χ1v) is 8.09. The number of carbonyl (C=O) groups is 1. The zero-order valence-corrected chi connectivity index (χ0v) is 13.0. The summed E-state index contributed by atoms with van der Waals surface area (Å²) in [6.07, 6.45) is 0.0658. The van der Waals surface area contributed by atoms with Crippen LogP contribution < -0.4 is 0 Å². The SMILES string of the molecule is O=C(C1CCC(F)(F)CC1)N(CCO)CCN1CCOCC1. The van der Waals surface area contributed by atoms with Crippen LogP contribution in [-0.4, -0.2) is 79.3 Å². The van der Waals surface area contributed by atoms with Crippen molar-refractivity contribution in [2.24, 2.45) is 5.92 Å². The van der Waals surface area contributed by atoms with Crippen LogP contribution in [0.25, 0.3) is 0 Å². The van der Waals surface area contributed by atoms with Gasteiger partial charge in [0.05, 0.1) is 19.8 Å². The van der Waals surface area contributed by atoms with E-state index in [0.29, 0.717) is 19.8 Å². The minimum Gasteiger partial charge on any atom is -0.395 e. The van der Waals surface area contributed by atoms with Gasteiger partial charge in [0.2, 0.25) is 11.8 Å². The van der Waals surface area contributed by atoms with Crippen LogP contribution in [0.4, 0.5) is 8.78 Å². The van der Waals surface area contributed by atoms with Crippen LogP contribution in [0.3, 0.4) is 0 Å². The third-order valence-electron chi connectivity index (χ3n) is 4.54. The number of alkyl halides is 2. The fourth-order valence-electron chi connectivity index (χ4n) is 3.09. The molecule has 1 aliphatic heterocycles. The van der Waals surface area contributed by atoms with Gasteiger partial charge in [-0.15, -0.1) is 0 Å². The second-order valence-corrected chi connectivity index (χ2v) is 6.13. The average Bonchev–Trinajstić information content (AvgIpc) is 2.52. The summed E-state index contributed by atoms with van der Waals surface area (Å²) in [5.74, 6) is -3.03. The van der Waals surface area contributed by atoms with E-state index in [1.807, 2.05) is 0 Å². The molecule has 0 unspecified atom stereocenters. The maximum atomic E-state index is 13.2. The topological polar surface area (TPSA) is 53.0 Å². The zero-order chi connectivity index (χ0) is 16.0. The van der Waals surface area contributed by atoms with Crippen molar-refractivity contribution in [3.63, 3.8) is 0 Å². The molecule has 128 valence electrons. The van der Waals surface area contributed by atoms with Crippen molar-refractivity contribution in [1.29, 1.82) is 0 Å². The highest BCUT2D eigenvalue weighted by atomic mass is 19.3. The summed E-state index contributed by atoms with van der Waals surface area (Å²) in [4.78, 5) is 16.3. The first-order chi connectivity index (χ1) is 10.5. The Hall–Kier alpha value is -0.790. The van der Waals surface area contributed by atoms with Crippen molar-refractivity contribution in [1.82, 2.24) is 9.80 Å². The van der Waals surface area contributed by atoms with Gasteiger partial charge in [0.1, 0.15) is 0 Å². The quantitative estimate of drug-likeness (QED) is 0.792. The third-order valence-corrected chi connectivity index (χ3v) is 4.54. The van der Waals surface area contributed by atoms with Crippen molar-refractivity contribution in [2.75, 3.05) is 52.5 Å². The van der Waals surface area contributed by atoms with Crippen LogP contribution in [0.15, 0.2) is 0 Å². The van der Waals surface area contributed by atoms with Crippen molar-refractivity contribution < 1.29 is 23.4 Å². The summed E-state index contributed by atoms with van der Waals surface area (Å²) in [5.41, 5.74) is 0. The van der Waals surface area contributed by atoms with E-state index in [1.165, 1.54) is 0 Å². The van der Waals surface area contributed by atoms with Gasteiger partial charge in [0.25, 0.3) is 0 Å². The predicted molar refractivity (Wildman–Crippen MR) is 77.8 cm³/mol. The van der Waals surface area contributed by atoms with Gasteiger partial charge in [0, 0.05) is 51.5 Å². The Labute approximate surface area is 130 Å². The maximum Gasteiger partial charge on any atom is 0.248 e. The van der Waals surface area contributed by atoms with Crippen LogP contribution in [0.1, 0.15) is 25.7 Å². The molecule has 0 bridgehead atoms. The molecule has 0 aromatic carbocycles. The molecule has 1 N–H and O–H groups in total. The molecule has 7 heteroatoms. The van der Waals surface area contributed by atoms with Gasteiger partial charge < -0.3 is 14.7 Å². The molecule has 1 aliphatic carbocycles. The summed E-state index contributed by atoms with van der Waals surface area (Å²) >= 11 is 0. The number of aliphatic hydroxyl groups is 1. The normalized spacial score (nSPS) is 23.4. The Bertz CT molecular complexity index is 353. The Morgan fingerprint density at radius 1 is 1.23 bits per heavy atom. The molecule has 0 spiro atoms. The van der Waals surface area contributed by atoms with E-state index in [4.69, 9.17) is 9.84 Å². The number of hydrogen-bond donors (Lipinski definition) is 1. The lowest BCUT2D eigenvalue weighted by molar-refractivity contribution is -0.140. The molecule has 1 saturated carbocycles. The Morgan fingerprint density at radius 2 is 1.86 bits per heavy atom. The number of hydrogen-bond acceptors (Lipinski definition) is 4. The maximum absolute atomic E-state index is 13.2. The van der Waals surface area contributed by atoms with Gasteiger partial charge >= 0.3 is 0 Å². The summed E-state index contributed by atoms with van der Waals surface area (Å²) < 4.78 is 31.7. The highest BCUT2D eigenvalue weighted by Gasteiger charge is 2.38. The highest BCUT2D eigenvalue weighted by Crippen LogP contribution is 2.36. The summed E-state index contributed by atoms with van der Waals surface area (Å²) in [7, 11) is 0. The fourth-order valence-corrected chi connectivity index (χ4v) is 3.09. The van der Waals surface area contributed by atoms with Crippen LogP contribution >= 0.6 is 0 Å². The minimum atomic E-state index is -2.62. The van der Waals surface area contributed by atoms with Crippen molar-refractivity contribution in [2.45, 2.75) is 31.6 Å². The van der Waals surface area contributed by atoms with Gasteiger partial charge in [-0.25, -0.2) is 8.78 Å².